The second-order valence-electron chi connectivity index (χ2n) is 3.79. The Hall–Kier alpha value is -1.62. The van der Waals surface area contributed by atoms with E-state index in [-0.39, 0.29) is 11.9 Å². The van der Waals surface area contributed by atoms with Gasteiger partial charge in [-0.15, -0.1) is 0 Å². The van der Waals surface area contributed by atoms with Crippen molar-refractivity contribution in [1.82, 2.24) is 10.3 Å². The summed E-state index contributed by atoms with van der Waals surface area (Å²) in [6.45, 7) is 5.15. The molecule has 1 aromatic heterocycles. The highest BCUT2D eigenvalue weighted by atomic mass is 16.5. The van der Waals surface area contributed by atoms with Gasteiger partial charge < -0.3 is 15.4 Å². The number of nitrogens with one attached hydrogen (secondary N) is 2. The molecule has 1 rings (SSSR count). The monoisotopic (exact) mass is 237 g/mol. The number of aromatic nitrogens is 1. The predicted octanol–water partition coefficient (Wildman–Crippen LogP) is 1.28. The molecule has 1 atom stereocenters. The second kappa shape index (κ2) is 6.85. The zero-order valence-electron chi connectivity index (χ0n) is 10.5. The van der Waals surface area contributed by atoms with Crippen LogP contribution in [-0.2, 0) is 4.74 Å². The standard InChI is InChI=1S/C12H19N3O2/c1-4-13-11-7-10(5-6-14-11)12(16)15-9(2)8-17-3/h5-7,9H,4,8H2,1-3H3,(H,13,14)(H,15,16). The number of methoxy groups -OCH3 is 1. The second-order valence-corrected chi connectivity index (χ2v) is 3.79. The zero-order valence-corrected chi connectivity index (χ0v) is 10.5. The van der Waals surface area contributed by atoms with Crippen LogP contribution in [-0.4, -0.2) is 37.2 Å². The fraction of sp³-hybridized carbons (Fsp3) is 0.500. The molecule has 1 amide bonds. The fourth-order valence-corrected chi connectivity index (χ4v) is 1.45. The Labute approximate surface area is 102 Å². The van der Waals surface area contributed by atoms with E-state index >= 15 is 0 Å². The maximum atomic E-state index is 11.9. The van der Waals surface area contributed by atoms with Crippen LogP contribution in [0.4, 0.5) is 5.82 Å². The van der Waals surface area contributed by atoms with Gasteiger partial charge in [0.2, 0.25) is 0 Å². The zero-order chi connectivity index (χ0) is 12.7. The van der Waals surface area contributed by atoms with E-state index in [1.54, 1.807) is 25.4 Å². The van der Waals surface area contributed by atoms with Crippen molar-refractivity contribution in [2.45, 2.75) is 19.9 Å². The fourth-order valence-electron chi connectivity index (χ4n) is 1.45. The molecule has 1 aromatic rings. The average Bonchev–Trinajstić information content (AvgIpc) is 2.30. The third kappa shape index (κ3) is 4.40. The molecule has 0 saturated carbocycles. The first-order chi connectivity index (χ1) is 8.17. The SMILES string of the molecule is CCNc1cc(C(=O)NC(C)COC)ccn1. The Bertz CT molecular complexity index is 369. The summed E-state index contributed by atoms with van der Waals surface area (Å²) in [5.41, 5.74) is 0.596. The summed E-state index contributed by atoms with van der Waals surface area (Å²) in [4.78, 5) is 16.0. The third-order valence-corrected chi connectivity index (χ3v) is 2.17. The molecule has 0 aliphatic heterocycles. The topological polar surface area (TPSA) is 63.2 Å². The van der Waals surface area contributed by atoms with Crippen LogP contribution in [0, 0.1) is 0 Å². The highest BCUT2D eigenvalue weighted by molar-refractivity contribution is 5.94. The molecule has 0 aliphatic carbocycles. The van der Waals surface area contributed by atoms with Crippen molar-refractivity contribution < 1.29 is 9.53 Å². The van der Waals surface area contributed by atoms with Crippen molar-refractivity contribution >= 4 is 11.7 Å². The first kappa shape index (κ1) is 13.4. The van der Waals surface area contributed by atoms with E-state index in [1.807, 2.05) is 13.8 Å². The van der Waals surface area contributed by atoms with E-state index in [4.69, 9.17) is 4.74 Å². The first-order valence-corrected chi connectivity index (χ1v) is 5.67. The molecule has 2 N–H and O–H groups in total. The van der Waals surface area contributed by atoms with Gasteiger partial charge in [0.15, 0.2) is 0 Å². The predicted molar refractivity (Wildman–Crippen MR) is 67.2 cm³/mol. The van der Waals surface area contributed by atoms with Gasteiger partial charge >= 0.3 is 0 Å². The summed E-state index contributed by atoms with van der Waals surface area (Å²) < 4.78 is 4.96. The van der Waals surface area contributed by atoms with Crippen LogP contribution in [0.5, 0.6) is 0 Å². The Morgan fingerprint density at radius 3 is 3.00 bits per heavy atom. The lowest BCUT2D eigenvalue weighted by molar-refractivity contribution is 0.0905. The van der Waals surface area contributed by atoms with E-state index < -0.39 is 0 Å². The minimum Gasteiger partial charge on any atom is -0.383 e. The molecule has 1 unspecified atom stereocenters. The summed E-state index contributed by atoms with van der Waals surface area (Å²) in [6.07, 6.45) is 1.62. The summed E-state index contributed by atoms with van der Waals surface area (Å²) in [7, 11) is 1.61. The number of carbonyl (C=O) groups is 1. The Morgan fingerprint density at radius 2 is 2.35 bits per heavy atom. The summed E-state index contributed by atoms with van der Waals surface area (Å²) >= 11 is 0. The summed E-state index contributed by atoms with van der Waals surface area (Å²) in [6, 6.07) is 3.41. The van der Waals surface area contributed by atoms with Crippen molar-refractivity contribution in [3.63, 3.8) is 0 Å². The van der Waals surface area contributed by atoms with Crippen molar-refractivity contribution in [1.29, 1.82) is 0 Å². The minimum atomic E-state index is -0.115. The number of rotatable bonds is 6. The van der Waals surface area contributed by atoms with Crippen LogP contribution in [0.15, 0.2) is 18.3 Å². The number of anilines is 1. The Balaban J connectivity index is 2.65. The Morgan fingerprint density at radius 1 is 1.59 bits per heavy atom. The molecule has 0 bridgehead atoms. The molecule has 0 saturated heterocycles. The van der Waals surface area contributed by atoms with Crippen molar-refractivity contribution in [2.24, 2.45) is 0 Å². The quantitative estimate of drug-likeness (QED) is 0.782. The lowest BCUT2D eigenvalue weighted by atomic mass is 10.2. The first-order valence-electron chi connectivity index (χ1n) is 5.67. The lowest BCUT2D eigenvalue weighted by Gasteiger charge is -2.13. The molecular weight excluding hydrogens is 218 g/mol. The average molecular weight is 237 g/mol. The van der Waals surface area contributed by atoms with E-state index in [1.165, 1.54) is 0 Å². The third-order valence-electron chi connectivity index (χ3n) is 2.17. The number of amides is 1. The van der Waals surface area contributed by atoms with E-state index in [0.717, 1.165) is 6.54 Å². The number of ether oxygens (including phenoxy) is 1. The number of hydrogen-bond donors (Lipinski definition) is 2. The molecule has 0 aromatic carbocycles. The lowest BCUT2D eigenvalue weighted by Crippen LogP contribution is -2.35. The van der Waals surface area contributed by atoms with Gasteiger partial charge in [0, 0.05) is 31.5 Å². The van der Waals surface area contributed by atoms with Crippen LogP contribution >= 0.6 is 0 Å². The number of nitrogens with zero attached hydrogens (tertiary/aromatic N) is 1. The summed E-state index contributed by atoms with van der Waals surface area (Å²) in [5, 5.41) is 5.91. The number of hydrogen-bond acceptors (Lipinski definition) is 4. The van der Waals surface area contributed by atoms with E-state index in [9.17, 15) is 4.79 Å². The van der Waals surface area contributed by atoms with Crippen LogP contribution in [0.25, 0.3) is 0 Å². The van der Waals surface area contributed by atoms with Crippen LogP contribution in [0.2, 0.25) is 0 Å². The van der Waals surface area contributed by atoms with Gasteiger partial charge in [-0.2, -0.15) is 0 Å². The molecule has 1 heterocycles. The molecule has 5 heteroatoms. The molecular formula is C12H19N3O2. The molecule has 5 nitrogen and oxygen atoms in total. The maximum Gasteiger partial charge on any atom is 0.251 e. The van der Waals surface area contributed by atoms with Gasteiger partial charge in [-0.3, -0.25) is 4.79 Å². The molecule has 0 fully saturated rings. The largest absolute Gasteiger partial charge is 0.383 e. The normalized spacial score (nSPS) is 11.9. The molecule has 0 aliphatic rings. The number of pyridine rings is 1. The van der Waals surface area contributed by atoms with Gasteiger partial charge in [-0.25, -0.2) is 4.98 Å². The van der Waals surface area contributed by atoms with Crippen molar-refractivity contribution in [3.8, 4) is 0 Å². The van der Waals surface area contributed by atoms with Gasteiger partial charge in [0.25, 0.3) is 5.91 Å². The van der Waals surface area contributed by atoms with E-state index in [2.05, 4.69) is 15.6 Å². The maximum absolute atomic E-state index is 11.9. The highest BCUT2D eigenvalue weighted by Crippen LogP contribution is 2.06. The Kier molecular flexibility index (Phi) is 5.42. The minimum absolute atomic E-state index is 0.0109. The molecule has 17 heavy (non-hydrogen) atoms. The van der Waals surface area contributed by atoms with Gasteiger partial charge in [-0.05, 0) is 26.0 Å². The van der Waals surface area contributed by atoms with Crippen LogP contribution < -0.4 is 10.6 Å². The van der Waals surface area contributed by atoms with Crippen molar-refractivity contribution in [3.05, 3.63) is 23.9 Å². The van der Waals surface area contributed by atoms with Crippen molar-refractivity contribution in [2.75, 3.05) is 25.6 Å². The van der Waals surface area contributed by atoms with Gasteiger partial charge in [0.05, 0.1) is 6.61 Å². The molecule has 94 valence electrons. The summed E-state index contributed by atoms with van der Waals surface area (Å²) in [5.74, 6) is 0.593. The van der Waals surface area contributed by atoms with Crippen LogP contribution in [0.3, 0.4) is 0 Å². The van der Waals surface area contributed by atoms with Gasteiger partial charge in [0.1, 0.15) is 5.82 Å². The molecule has 0 spiro atoms. The smallest absolute Gasteiger partial charge is 0.251 e. The molecule has 0 radical (unpaired) electrons. The van der Waals surface area contributed by atoms with Gasteiger partial charge in [-0.1, -0.05) is 0 Å². The number of carbonyl (C=O) groups excluding carboxylic acids is 1. The highest BCUT2D eigenvalue weighted by Gasteiger charge is 2.10. The van der Waals surface area contributed by atoms with Crippen LogP contribution in [0.1, 0.15) is 24.2 Å². The van der Waals surface area contributed by atoms with E-state index in [0.29, 0.717) is 18.0 Å².